The Kier molecular flexibility index (Phi) is 7.72. The number of aryl methyl sites for hydroxylation is 1. The third kappa shape index (κ3) is 6.47. The van der Waals surface area contributed by atoms with E-state index in [-0.39, 0.29) is 5.91 Å². The molecule has 0 spiro atoms. The van der Waals surface area contributed by atoms with Crippen LogP contribution in [0.5, 0.6) is 0 Å². The molecule has 1 aromatic rings. The molecule has 1 heterocycles. The first kappa shape index (κ1) is 24.1. The maximum absolute atomic E-state index is 12.5. The molecule has 2 fully saturated rings. The van der Waals surface area contributed by atoms with Gasteiger partial charge < -0.3 is 9.80 Å². The van der Waals surface area contributed by atoms with Gasteiger partial charge in [0.1, 0.15) is 0 Å². The highest BCUT2D eigenvalue weighted by Gasteiger charge is 2.33. The van der Waals surface area contributed by atoms with E-state index in [0.717, 1.165) is 58.3 Å². The van der Waals surface area contributed by atoms with Crippen molar-refractivity contribution in [3.8, 4) is 0 Å². The van der Waals surface area contributed by atoms with Crippen molar-refractivity contribution in [2.24, 2.45) is 11.8 Å². The van der Waals surface area contributed by atoms with Gasteiger partial charge in [0.25, 0.3) is 0 Å². The predicted octanol–water partition coefficient (Wildman–Crippen LogP) is 4.31. The van der Waals surface area contributed by atoms with Crippen molar-refractivity contribution in [2.75, 3.05) is 36.8 Å². The number of benzene rings is 1. The fraction of sp³-hybridized carbons (Fsp3) is 0.720. The van der Waals surface area contributed by atoms with E-state index < -0.39 is 14.6 Å². The molecule has 1 aromatic carbocycles. The molecule has 5 nitrogen and oxygen atoms in total. The van der Waals surface area contributed by atoms with Gasteiger partial charge in [-0.1, -0.05) is 25.0 Å². The summed E-state index contributed by atoms with van der Waals surface area (Å²) in [5.41, 5.74) is 2.62. The molecule has 174 valence electrons. The summed E-state index contributed by atoms with van der Waals surface area (Å²) in [5, 5.41) is 0. The van der Waals surface area contributed by atoms with E-state index in [1.165, 1.54) is 17.7 Å². The van der Waals surface area contributed by atoms with Gasteiger partial charge >= 0.3 is 0 Å². The number of piperazine rings is 1. The lowest BCUT2D eigenvalue weighted by molar-refractivity contribution is -0.129. The molecule has 1 saturated carbocycles. The van der Waals surface area contributed by atoms with Crippen LogP contribution in [-0.4, -0.2) is 55.9 Å². The third-order valence-electron chi connectivity index (χ3n) is 7.22. The molecule has 1 aliphatic heterocycles. The molecule has 31 heavy (non-hydrogen) atoms. The average Bonchev–Trinajstić information content (AvgIpc) is 2.73. The monoisotopic (exact) mass is 448 g/mol. The van der Waals surface area contributed by atoms with Crippen LogP contribution in [0.1, 0.15) is 65.4 Å². The van der Waals surface area contributed by atoms with Crippen molar-refractivity contribution in [3.63, 3.8) is 0 Å². The summed E-state index contributed by atoms with van der Waals surface area (Å²) in [6, 6.07) is 8.92. The maximum Gasteiger partial charge on any atom is 0.219 e. The third-order valence-corrected chi connectivity index (χ3v) is 10.00. The predicted molar refractivity (Wildman–Crippen MR) is 128 cm³/mol. The number of carbonyl (C=O) groups excluding carboxylic acids is 1. The minimum absolute atomic E-state index is 0.167. The Hall–Kier alpha value is -1.56. The van der Waals surface area contributed by atoms with Gasteiger partial charge in [-0.3, -0.25) is 4.79 Å². The molecular formula is C25H40N2O3S. The van der Waals surface area contributed by atoms with Gasteiger partial charge in [0.05, 0.1) is 10.5 Å². The number of sulfone groups is 1. The smallest absolute Gasteiger partial charge is 0.219 e. The van der Waals surface area contributed by atoms with Crippen LogP contribution < -0.4 is 4.90 Å². The largest absolute Gasteiger partial charge is 0.368 e. The van der Waals surface area contributed by atoms with Crippen molar-refractivity contribution < 1.29 is 13.2 Å². The normalized spacial score (nSPS) is 23.1. The van der Waals surface area contributed by atoms with E-state index in [0.29, 0.717) is 17.6 Å². The second-order valence-electron chi connectivity index (χ2n) is 10.5. The van der Waals surface area contributed by atoms with Gasteiger partial charge in [0, 0.05) is 38.8 Å². The molecule has 0 bridgehead atoms. The highest BCUT2D eigenvalue weighted by molar-refractivity contribution is 7.92. The highest BCUT2D eigenvalue weighted by atomic mass is 32.2. The molecule has 2 aliphatic rings. The van der Waals surface area contributed by atoms with E-state index in [1.54, 1.807) is 6.92 Å². The summed E-state index contributed by atoms with van der Waals surface area (Å²) in [7, 11) is -3.01. The van der Waals surface area contributed by atoms with Gasteiger partial charge in [-0.05, 0) is 76.0 Å². The van der Waals surface area contributed by atoms with Crippen LogP contribution >= 0.6 is 0 Å². The van der Waals surface area contributed by atoms with Crippen molar-refractivity contribution in [1.29, 1.82) is 0 Å². The topological polar surface area (TPSA) is 57.7 Å². The number of rotatable bonds is 6. The van der Waals surface area contributed by atoms with Crippen LogP contribution in [0.3, 0.4) is 0 Å². The van der Waals surface area contributed by atoms with Crippen LogP contribution in [0.4, 0.5) is 5.69 Å². The number of hydrogen-bond donors (Lipinski definition) is 0. The van der Waals surface area contributed by atoms with Gasteiger partial charge in [0.15, 0.2) is 9.84 Å². The lowest BCUT2D eigenvalue weighted by atomic mass is 9.80. The van der Waals surface area contributed by atoms with Crippen molar-refractivity contribution in [3.05, 3.63) is 29.8 Å². The Balaban J connectivity index is 1.41. The van der Waals surface area contributed by atoms with Crippen molar-refractivity contribution >= 4 is 21.4 Å². The lowest BCUT2D eigenvalue weighted by Crippen LogP contribution is -2.48. The molecule has 1 amide bonds. The summed E-state index contributed by atoms with van der Waals surface area (Å²) < 4.78 is 24.3. The number of hydrogen-bond acceptors (Lipinski definition) is 4. The second-order valence-corrected chi connectivity index (χ2v) is 13.3. The molecule has 1 aliphatic carbocycles. The summed E-state index contributed by atoms with van der Waals surface area (Å²) in [4.78, 5) is 15.8. The first-order valence-electron chi connectivity index (χ1n) is 11.9. The van der Waals surface area contributed by atoms with E-state index in [2.05, 4.69) is 29.2 Å². The summed E-state index contributed by atoms with van der Waals surface area (Å²) in [6.45, 7) is 10.5. The number of anilines is 1. The first-order chi connectivity index (χ1) is 14.5. The zero-order valence-corrected chi connectivity index (χ0v) is 20.6. The first-order valence-corrected chi connectivity index (χ1v) is 13.5. The lowest BCUT2D eigenvalue weighted by Gasteiger charge is -2.35. The summed E-state index contributed by atoms with van der Waals surface area (Å²) >= 11 is 0. The van der Waals surface area contributed by atoms with Gasteiger partial charge in [-0.15, -0.1) is 0 Å². The number of nitrogens with zero attached hydrogens (tertiary/aromatic N) is 2. The van der Waals surface area contributed by atoms with E-state index >= 15 is 0 Å². The van der Waals surface area contributed by atoms with Gasteiger partial charge in [0.2, 0.25) is 5.91 Å². The Bertz CT molecular complexity index is 827. The Morgan fingerprint density at radius 1 is 0.935 bits per heavy atom. The maximum atomic E-state index is 12.5. The highest BCUT2D eigenvalue weighted by Crippen LogP contribution is 2.34. The average molecular weight is 449 g/mol. The van der Waals surface area contributed by atoms with Gasteiger partial charge in [-0.2, -0.15) is 0 Å². The molecule has 0 atom stereocenters. The zero-order valence-electron chi connectivity index (χ0n) is 19.8. The SMILES string of the molecule is CC(=O)N1CCN(c2ccc(CCC3CCC(CS(=O)(=O)C(C)(C)C)CC3)cc2)CC1. The summed E-state index contributed by atoms with van der Waals surface area (Å²) in [5.74, 6) is 1.57. The Labute approximate surface area is 189 Å². The molecule has 0 radical (unpaired) electrons. The molecule has 0 unspecified atom stereocenters. The van der Waals surface area contributed by atoms with E-state index in [4.69, 9.17) is 0 Å². The van der Waals surface area contributed by atoms with Crippen LogP contribution in [0.2, 0.25) is 0 Å². The molecule has 6 heteroatoms. The Morgan fingerprint density at radius 2 is 1.48 bits per heavy atom. The molecule has 1 saturated heterocycles. The van der Waals surface area contributed by atoms with Crippen molar-refractivity contribution in [1.82, 2.24) is 4.90 Å². The fourth-order valence-electron chi connectivity index (χ4n) is 4.77. The quantitative estimate of drug-likeness (QED) is 0.651. The molecular weight excluding hydrogens is 408 g/mol. The fourth-order valence-corrected chi connectivity index (χ4v) is 6.22. The van der Waals surface area contributed by atoms with Crippen molar-refractivity contribution in [2.45, 2.75) is 71.0 Å². The molecule has 3 rings (SSSR count). The minimum atomic E-state index is -3.01. The number of amides is 1. The van der Waals surface area contributed by atoms with Crippen LogP contribution in [0.25, 0.3) is 0 Å². The van der Waals surface area contributed by atoms with Crippen LogP contribution in [0.15, 0.2) is 24.3 Å². The van der Waals surface area contributed by atoms with E-state index in [1.807, 2.05) is 25.7 Å². The minimum Gasteiger partial charge on any atom is -0.368 e. The van der Waals surface area contributed by atoms with E-state index in [9.17, 15) is 13.2 Å². The van der Waals surface area contributed by atoms with Gasteiger partial charge in [-0.25, -0.2) is 8.42 Å². The summed E-state index contributed by atoms with van der Waals surface area (Å²) in [6.07, 6.45) is 6.69. The zero-order chi connectivity index (χ0) is 22.6. The van der Waals surface area contributed by atoms with Crippen LogP contribution in [0, 0.1) is 11.8 Å². The Morgan fingerprint density at radius 3 is 2.00 bits per heavy atom. The standard InChI is InChI=1S/C25H40N2O3S/c1-20(28)26-15-17-27(18-16-26)24-13-11-22(12-14-24)6-5-21-7-9-23(10-8-21)19-31(29,30)25(2,3)4/h11-14,21,23H,5-10,15-19H2,1-4H3. The van der Waals surface area contributed by atoms with Crippen LogP contribution in [-0.2, 0) is 21.1 Å². The second kappa shape index (κ2) is 9.93. The number of carbonyl (C=O) groups is 1. The molecule has 0 aromatic heterocycles. The molecule has 0 N–H and O–H groups in total.